The van der Waals surface area contributed by atoms with Crippen LogP contribution in [0, 0.1) is 11.8 Å². The van der Waals surface area contributed by atoms with Crippen molar-refractivity contribution < 1.29 is 47.6 Å². The molecule has 0 saturated heterocycles. The zero-order chi connectivity index (χ0) is 40.9. The van der Waals surface area contributed by atoms with Gasteiger partial charge in [0.05, 0.1) is 36.8 Å². The van der Waals surface area contributed by atoms with E-state index >= 15 is 0 Å². The van der Waals surface area contributed by atoms with Crippen LogP contribution < -0.4 is 0 Å². The fourth-order valence-electron chi connectivity index (χ4n) is 3.79. The molecule has 53 heavy (non-hydrogen) atoms. The maximum atomic E-state index is 11.2. The van der Waals surface area contributed by atoms with E-state index in [1.165, 1.54) is 58.6 Å². The summed E-state index contributed by atoms with van der Waals surface area (Å²) in [6.45, 7) is 15.7. The van der Waals surface area contributed by atoms with Crippen LogP contribution in [0.25, 0.3) is 0 Å². The number of thiophene rings is 1. The predicted octanol–water partition coefficient (Wildman–Crippen LogP) is 9.18. The molecule has 1 unspecified atom stereocenters. The number of carbonyl (C=O) groups is 9. The van der Waals surface area contributed by atoms with Crippen molar-refractivity contribution in [2.75, 3.05) is 0 Å². The number of ketones is 9. The van der Waals surface area contributed by atoms with Crippen molar-refractivity contribution >= 4 is 63.4 Å². The van der Waals surface area contributed by atoms with Gasteiger partial charge in [0.2, 0.25) is 5.78 Å². The monoisotopic (exact) mass is 752 g/mol. The first-order valence-electron chi connectivity index (χ1n) is 17.5. The smallest absolute Gasteiger partial charge is 0.205 e. The third-order valence-electron chi connectivity index (χ3n) is 6.84. The summed E-state index contributed by atoms with van der Waals surface area (Å²) < 4.78 is 4.79. The maximum Gasteiger partial charge on any atom is 0.205 e. The molecule has 10 nitrogen and oxygen atoms in total. The number of rotatable bonds is 12. The van der Waals surface area contributed by atoms with E-state index in [2.05, 4.69) is 20.8 Å². The molecule has 290 valence electrons. The van der Waals surface area contributed by atoms with Crippen molar-refractivity contribution in [2.45, 2.75) is 114 Å². The molecule has 0 N–H and O–H groups in total. The number of benzene rings is 1. The first-order chi connectivity index (χ1) is 24.8. The predicted molar refractivity (Wildman–Crippen MR) is 207 cm³/mol. The maximum absolute atomic E-state index is 11.2. The molecule has 1 aliphatic rings. The Kier molecular flexibility index (Phi) is 28.3. The first-order valence-corrected chi connectivity index (χ1v) is 18.4. The second-order valence-electron chi connectivity index (χ2n) is 12.9. The summed E-state index contributed by atoms with van der Waals surface area (Å²) >= 11 is 1.37. The number of carbonyl (C=O) groups excluding carboxylic acids is 9. The summed E-state index contributed by atoms with van der Waals surface area (Å²) in [7, 11) is 0. The molecule has 0 amide bonds. The van der Waals surface area contributed by atoms with Gasteiger partial charge in [-0.1, -0.05) is 70.5 Å². The number of hydrogen-bond donors (Lipinski definition) is 0. The lowest BCUT2D eigenvalue weighted by atomic mass is 10.1. The summed E-state index contributed by atoms with van der Waals surface area (Å²) in [6, 6.07) is 15.5. The van der Waals surface area contributed by atoms with Crippen molar-refractivity contribution in [2.24, 2.45) is 11.8 Å². The minimum atomic E-state index is -0.262. The van der Waals surface area contributed by atoms with Gasteiger partial charge < -0.3 is 4.42 Å². The standard InChI is InChI=1S/C10H10O2.C8H8O3.C8H8O2S.C6H10O.C5H8O2.C5H12/c1-8(11)7-10(12)9-5-3-2-4-6-9;2*1-6(9)5-7(10)8-3-2-4-11-8;1-5-3-2-4-6(5)7;1-4(6)3-5(2)7;1-4-5(2)3/h2-6H,7H2,1H3;2*2-4H,5H2,1H3;5H,2-4H2,1H3;3H2,1-2H3;5H,4H2,1-3H3. The highest BCUT2D eigenvalue weighted by atomic mass is 32.1. The van der Waals surface area contributed by atoms with E-state index in [9.17, 15) is 43.2 Å². The summed E-state index contributed by atoms with van der Waals surface area (Å²) in [5, 5.41) is 1.83. The lowest BCUT2D eigenvalue weighted by Crippen LogP contribution is -2.04. The van der Waals surface area contributed by atoms with Crippen LogP contribution in [0.15, 0.2) is 70.7 Å². The van der Waals surface area contributed by atoms with Crippen LogP contribution in [-0.4, -0.2) is 52.0 Å². The molecule has 11 heteroatoms. The largest absolute Gasteiger partial charge is 0.461 e. The van der Waals surface area contributed by atoms with E-state index in [4.69, 9.17) is 4.42 Å². The first kappa shape index (κ1) is 50.3. The third-order valence-corrected chi connectivity index (χ3v) is 7.75. The minimum absolute atomic E-state index is 0.00398. The summed E-state index contributed by atoms with van der Waals surface area (Å²) in [5.41, 5.74) is 0.604. The van der Waals surface area contributed by atoms with Gasteiger partial charge >= 0.3 is 0 Å². The highest BCUT2D eigenvalue weighted by Gasteiger charge is 2.18. The molecular weight excluding hydrogens is 697 g/mol. The van der Waals surface area contributed by atoms with Gasteiger partial charge in [-0.25, -0.2) is 0 Å². The molecule has 1 saturated carbocycles. The number of Topliss-reactive ketones (excluding diaryl/α,β-unsaturated/α-hetero) is 9. The van der Waals surface area contributed by atoms with Crippen molar-refractivity contribution in [1.29, 1.82) is 0 Å². The molecule has 0 radical (unpaired) electrons. The quantitative estimate of drug-likeness (QED) is 0.129. The van der Waals surface area contributed by atoms with Crippen molar-refractivity contribution in [3.8, 4) is 0 Å². The number of hydrogen-bond acceptors (Lipinski definition) is 11. The molecule has 1 atom stereocenters. The average molecular weight is 753 g/mol. The van der Waals surface area contributed by atoms with Crippen LogP contribution in [0.1, 0.15) is 144 Å². The van der Waals surface area contributed by atoms with Crippen LogP contribution in [0.3, 0.4) is 0 Å². The second kappa shape index (κ2) is 29.8. The van der Waals surface area contributed by atoms with Gasteiger partial charge in [0.1, 0.15) is 34.7 Å². The zero-order valence-electron chi connectivity index (χ0n) is 32.7. The lowest BCUT2D eigenvalue weighted by Gasteiger charge is -1.95. The fourth-order valence-corrected chi connectivity index (χ4v) is 4.46. The van der Waals surface area contributed by atoms with E-state index in [1.807, 2.05) is 18.4 Å². The highest BCUT2D eigenvalue weighted by molar-refractivity contribution is 7.12. The van der Waals surface area contributed by atoms with E-state index < -0.39 is 0 Å². The summed E-state index contributed by atoms with van der Waals surface area (Å²) in [5.74, 6) is 1.08. The average Bonchev–Trinajstić information content (AvgIpc) is 3.86. The summed E-state index contributed by atoms with van der Waals surface area (Å²) in [4.78, 5) is 96.3. The Balaban J connectivity index is 0. The molecule has 1 aromatic carbocycles. The van der Waals surface area contributed by atoms with Crippen molar-refractivity contribution in [3.05, 3.63) is 82.4 Å². The Morgan fingerprint density at radius 2 is 1.17 bits per heavy atom. The Bertz CT molecular complexity index is 1500. The van der Waals surface area contributed by atoms with Gasteiger partial charge in [0, 0.05) is 17.9 Å². The van der Waals surface area contributed by atoms with Crippen LogP contribution in [0.2, 0.25) is 0 Å². The van der Waals surface area contributed by atoms with Crippen LogP contribution in [-0.2, 0) is 28.8 Å². The van der Waals surface area contributed by atoms with Gasteiger partial charge in [-0.3, -0.25) is 43.2 Å². The Hall–Kier alpha value is -4.77. The molecule has 3 aromatic rings. The Labute approximate surface area is 318 Å². The van der Waals surface area contributed by atoms with Crippen molar-refractivity contribution in [1.82, 2.24) is 0 Å². The van der Waals surface area contributed by atoms with Crippen LogP contribution >= 0.6 is 11.3 Å². The Morgan fingerprint density at radius 3 is 1.49 bits per heavy atom. The lowest BCUT2D eigenvalue weighted by molar-refractivity contribution is -0.125. The van der Waals surface area contributed by atoms with E-state index in [0.29, 0.717) is 22.1 Å². The molecule has 1 aliphatic carbocycles. The van der Waals surface area contributed by atoms with E-state index in [0.717, 1.165) is 25.2 Å². The highest BCUT2D eigenvalue weighted by Crippen LogP contribution is 2.19. The van der Waals surface area contributed by atoms with E-state index in [1.54, 1.807) is 48.5 Å². The van der Waals surface area contributed by atoms with E-state index in [-0.39, 0.29) is 77.7 Å². The second-order valence-corrected chi connectivity index (χ2v) is 13.8. The Morgan fingerprint density at radius 1 is 0.679 bits per heavy atom. The van der Waals surface area contributed by atoms with Crippen LogP contribution in [0.4, 0.5) is 0 Å². The van der Waals surface area contributed by atoms with Crippen molar-refractivity contribution in [3.63, 3.8) is 0 Å². The topological polar surface area (TPSA) is 167 Å². The number of furan rings is 1. The molecule has 2 heterocycles. The normalized spacial score (nSPS) is 12.3. The molecule has 4 rings (SSSR count). The SMILES string of the molecule is CC(=O)CC(=O)c1ccccc1.CC(=O)CC(=O)c1ccco1.CC(=O)CC(=O)c1cccs1.CC(=O)CC(C)=O.CC1CCCC1=O.CCC(C)C. The molecule has 0 aliphatic heterocycles. The van der Waals surface area contributed by atoms with Gasteiger partial charge in [-0.2, -0.15) is 0 Å². The van der Waals surface area contributed by atoms with Crippen LogP contribution in [0.5, 0.6) is 0 Å². The molecule has 1 fully saturated rings. The fraction of sp³-hybridized carbons (Fsp3) is 0.452. The molecule has 0 spiro atoms. The molecular formula is C42H56O10S. The third kappa shape index (κ3) is 29.5. The van der Waals surface area contributed by atoms with Gasteiger partial charge in [0.25, 0.3) is 0 Å². The summed E-state index contributed by atoms with van der Waals surface area (Å²) in [6.07, 6.45) is 5.84. The van der Waals surface area contributed by atoms with Gasteiger partial charge in [-0.05, 0) is 77.0 Å². The zero-order valence-corrected chi connectivity index (χ0v) is 33.5. The van der Waals surface area contributed by atoms with Gasteiger partial charge in [0.15, 0.2) is 17.3 Å². The van der Waals surface area contributed by atoms with Gasteiger partial charge in [-0.15, -0.1) is 11.3 Å². The molecule has 0 bridgehead atoms. The molecule has 2 aromatic heterocycles. The minimum Gasteiger partial charge on any atom is -0.461 e.